The minimum absolute atomic E-state index is 0.148. The number of hydrogen-bond acceptors (Lipinski definition) is 6. The van der Waals surface area contributed by atoms with Crippen LogP contribution in [0.4, 0.5) is 0 Å². The fourth-order valence-corrected chi connectivity index (χ4v) is 3.45. The van der Waals surface area contributed by atoms with E-state index in [1.54, 1.807) is 26.6 Å². The normalized spacial score (nSPS) is 10.4. The number of ether oxygens (including phenoxy) is 2. The van der Waals surface area contributed by atoms with E-state index < -0.39 is 0 Å². The maximum absolute atomic E-state index is 12.5. The SMILES string of the molecule is COc1ccc(CNC(=O)c2sc(-c3cccnc3)nc2C)cc1OC. The lowest BCUT2D eigenvalue weighted by atomic mass is 10.2. The molecule has 6 nitrogen and oxygen atoms in total. The van der Waals surface area contributed by atoms with Gasteiger partial charge in [-0.3, -0.25) is 9.78 Å². The zero-order chi connectivity index (χ0) is 18.5. The van der Waals surface area contributed by atoms with Gasteiger partial charge in [-0.25, -0.2) is 4.98 Å². The minimum atomic E-state index is -0.148. The molecular formula is C19H19N3O3S. The third-order valence-electron chi connectivity index (χ3n) is 3.81. The molecule has 0 aliphatic rings. The van der Waals surface area contributed by atoms with Gasteiger partial charge in [0.2, 0.25) is 0 Å². The van der Waals surface area contributed by atoms with Gasteiger partial charge in [0.05, 0.1) is 19.9 Å². The van der Waals surface area contributed by atoms with Crippen molar-refractivity contribution in [3.05, 3.63) is 58.9 Å². The van der Waals surface area contributed by atoms with Gasteiger partial charge in [0.1, 0.15) is 9.88 Å². The number of nitrogens with one attached hydrogen (secondary N) is 1. The van der Waals surface area contributed by atoms with Crippen molar-refractivity contribution in [2.45, 2.75) is 13.5 Å². The highest BCUT2D eigenvalue weighted by Crippen LogP contribution is 2.29. The van der Waals surface area contributed by atoms with E-state index in [0.29, 0.717) is 28.6 Å². The van der Waals surface area contributed by atoms with E-state index in [1.807, 2.05) is 37.3 Å². The van der Waals surface area contributed by atoms with Gasteiger partial charge < -0.3 is 14.8 Å². The zero-order valence-corrected chi connectivity index (χ0v) is 15.6. The monoisotopic (exact) mass is 369 g/mol. The Kier molecular flexibility index (Phi) is 5.48. The van der Waals surface area contributed by atoms with Crippen LogP contribution in [0.25, 0.3) is 10.6 Å². The van der Waals surface area contributed by atoms with Crippen molar-refractivity contribution < 1.29 is 14.3 Å². The Morgan fingerprint density at radius 2 is 2.00 bits per heavy atom. The number of aromatic nitrogens is 2. The summed E-state index contributed by atoms with van der Waals surface area (Å²) in [5, 5.41) is 3.71. The Balaban J connectivity index is 1.72. The van der Waals surface area contributed by atoms with Gasteiger partial charge >= 0.3 is 0 Å². The van der Waals surface area contributed by atoms with Crippen LogP contribution in [-0.2, 0) is 6.54 Å². The van der Waals surface area contributed by atoms with Crippen LogP contribution in [0.5, 0.6) is 11.5 Å². The molecule has 0 saturated heterocycles. The summed E-state index contributed by atoms with van der Waals surface area (Å²) < 4.78 is 10.5. The summed E-state index contributed by atoms with van der Waals surface area (Å²) in [6.07, 6.45) is 3.45. The Morgan fingerprint density at radius 1 is 1.19 bits per heavy atom. The van der Waals surface area contributed by atoms with E-state index in [9.17, 15) is 4.79 Å². The molecule has 26 heavy (non-hydrogen) atoms. The third-order valence-corrected chi connectivity index (χ3v) is 5.02. The van der Waals surface area contributed by atoms with Crippen molar-refractivity contribution in [3.63, 3.8) is 0 Å². The first-order valence-electron chi connectivity index (χ1n) is 7.99. The summed E-state index contributed by atoms with van der Waals surface area (Å²) in [5.74, 6) is 1.14. The quantitative estimate of drug-likeness (QED) is 0.720. The fraction of sp³-hybridized carbons (Fsp3) is 0.211. The molecule has 0 spiro atoms. The molecule has 7 heteroatoms. The van der Waals surface area contributed by atoms with E-state index in [0.717, 1.165) is 16.1 Å². The van der Waals surface area contributed by atoms with Gasteiger partial charge in [-0.1, -0.05) is 6.07 Å². The zero-order valence-electron chi connectivity index (χ0n) is 14.8. The Morgan fingerprint density at radius 3 is 2.69 bits per heavy atom. The molecule has 0 aliphatic heterocycles. The molecule has 3 rings (SSSR count). The number of benzene rings is 1. The van der Waals surface area contributed by atoms with Crippen LogP contribution < -0.4 is 14.8 Å². The minimum Gasteiger partial charge on any atom is -0.493 e. The number of carbonyl (C=O) groups is 1. The number of amides is 1. The van der Waals surface area contributed by atoms with Crippen molar-refractivity contribution in [3.8, 4) is 22.1 Å². The maximum Gasteiger partial charge on any atom is 0.263 e. The summed E-state index contributed by atoms with van der Waals surface area (Å²) in [5.41, 5.74) is 2.53. The van der Waals surface area contributed by atoms with Crippen LogP contribution in [0, 0.1) is 6.92 Å². The summed E-state index contributed by atoms with van der Waals surface area (Å²) >= 11 is 1.36. The molecule has 3 aromatic rings. The maximum atomic E-state index is 12.5. The van der Waals surface area contributed by atoms with Crippen LogP contribution in [-0.4, -0.2) is 30.1 Å². The molecule has 0 radical (unpaired) electrons. The third kappa shape index (κ3) is 3.83. The smallest absolute Gasteiger partial charge is 0.263 e. The number of thiazole rings is 1. The van der Waals surface area contributed by atoms with Crippen LogP contribution in [0.15, 0.2) is 42.7 Å². The van der Waals surface area contributed by atoms with Crippen molar-refractivity contribution in [2.75, 3.05) is 14.2 Å². The molecule has 2 aromatic heterocycles. The van der Waals surface area contributed by atoms with Gasteiger partial charge in [0.25, 0.3) is 5.91 Å². The molecule has 2 heterocycles. The van der Waals surface area contributed by atoms with Crippen LogP contribution in [0.1, 0.15) is 20.9 Å². The summed E-state index contributed by atoms with van der Waals surface area (Å²) in [4.78, 5) is 21.7. The molecule has 0 atom stereocenters. The van der Waals surface area contributed by atoms with E-state index in [4.69, 9.17) is 9.47 Å². The van der Waals surface area contributed by atoms with Gasteiger partial charge in [-0.05, 0) is 36.8 Å². The molecule has 0 aliphatic carbocycles. The van der Waals surface area contributed by atoms with Crippen molar-refractivity contribution in [2.24, 2.45) is 0 Å². The van der Waals surface area contributed by atoms with Gasteiger partial charge in [-0.2, -0.15) is 0 Å². The van der Waals surface area contributed by atoms with E-state index >= 15 is 0 Å². The van der Waals surface area contributed by atoms with Crippen LogP contribution >= 0.6 is 11.3 Å². The average molecular weight is 369 g/mol. The molecule has 1 amide bonds. The lowest BCUT2D eigenvalue weighted by Crippen LogP contribution is -2.22. The summed E-state index contributed by atoms with van der Waals surface area (Å²) in [6, 6.07) is 9.33. The molecule has 1 aromatic carbocycles. The highest BCUT2D eigenvalue weighted by Gasteiger charge is 2.16. The van der Waals surface area contributed by atoms with E-state index in [2.05, 4.69) is 15.3 Å². The Hall–Kier alpha value is -2.93. The second-order valence-corrected chi connectivity index (χ2v) is 6.55. The van der Waals surface area contributed by atoms with Crippen LogP contribution in [0.2, 0.25) is 0 Å². The topological polar surface area (TPSA) is 73.3 Å². The Bertz CT molecular complexity index is 910. The van der Waals surface area contributed by atoms with Crippen molar-refractivity contribution in [1.82, 2.24) is 15.3 Å². The number of carbonyl (C=O) groups excluding carboxylic acids is 1. The number of rotatable bonds is 6. The van der Waals surface area contributed by atoms with E-state index in [-0.39, 0.29) is 5.91 Å². The first-order chi connectivity index (χ1) is 12.6. The molecule has 0 bridgehead atoms. The first-order valence-corrected chi connectivity index (χ1v) is 8.81. The predicted octanol–water partition coefficient (Wildman–Crippen LogP) is 3.46. The largest absolute Gasteiger partial charge is 0.493 e. The Labute approximate surface area is 155 Å². The molecule has 0 unspecified atom stereocenters. The van der Waals surface area contributed by atoms with Crippen molar-refractivity contribution >= 4 is 17.2 Å². The van der Waals surface area contributed by atoms with Crippen LogP contribution in [0.3, 0.4) is 0 Å². The second-order valence-electron chi connectivity index (χ2n) is 5.55. The van der Waals surface area contributed by atoms with Gasteiger partial charge in [0.15, 0.2) is 11.5 Å². The lowest BCUT2D eigenvalue weighted by molar-refractivity contribution is 0.0954. The highest BCUT2D eigenvalue weighted by molar-refractivity contribution is 7.17. The summed E-state index contributed by atoms with van der Waals surface area (Å²) in [7, 11) is 3.17. The second kappa shape index (κ2) is 7.97. The molecule has 1 N–H and O–H groups in total. The summed E-state index contributed by atoms with van der Waals surface area (Å²) in [6.45, 7) is 2.22. The molecular weight excluding hydrogens is 350 g/mol. The predicted molar refractivity (Wildman–Crippen MR) is 101 cm³/mol. The molecule has 0 saturated carbocycles. The van der Waals surface area contributed by atoms with Gasteiger partial charge in [0, 0.05) is 24.5 Å². The average Bonchev–Trinajstić information content (AvgIpc) is 3.08. The van der Waals surface area contributed by atoms with E-state index in [1.165, 1.54) is 11.3 Å². The highest BCUT2D eigenvalue weighted by atomic mass is 32.1. The molecule has 0 fully saturated rings. The fourth-order valence-electron chi connectivity index (χ4n) is 2.47. The number of hydrogen-bond donors (Lipinski definition) is 1. The number of methoxy groups -OCH3 is 2. The standard InChI is InChI=1S/C19H19N3O3S/c1-12-17(26-19(22-12)14-5-4-8-20-11-14)18(23)21-10-13-6-7-15(24-2)16(9-13)25-3/h4-9,11H,10H2,1-3H3,(H,21,23). The molecule has 134 valence electrons. The van der Waals surface area contributed by atoms with Gasteiger partial charge in [-0.15, -0.1) is 11.3 Å². The lowest BCUT2D eigenvalue weighted by Gasteiger charge is -2.10. The number of nitrogens with zero attached hydrogens (tertiary/aromatic N) is 2. The first kappa shape index (κ1) is 17.9. The number of aryl methyl sites for hydroxylation is 1. The number of pyridine rings is 1. The van der Waals surface area contributed by atoms with Crippen molar-refractivity contribution in [1.29, 1.82) is 0 Å².